The van der Waals surface area contributed by atoms with Gasteiger partial charge in [-0.15, -0.1) is 13.2 Å². The van der Waals surface area contributed by atoms with Gasteiger partial charge in [-0.25, -0.2) is 4.98 Å². The first kappa shape index (κ1) is 23.7. The number of hydrogen-bond donors (Lipinski definition) is 2. The van der Waals surface area contributed by atoms with Crippen molar-refractivity contribution in [3.05, 3.63) is 83.4 Å². The summed E-state index contributed by atoms with van der Waals surface area (Å²) in [6.07, 6.45) is -1.40. The molecule has 5 rings (SSSR count). The maximum Gasteiger partial charge on any atom is 0.573 e. The third-order valence-electron chi connectivity index (χ3n) is 6.37. The lowest BCUT2D eigenvalue weighted by atomic mass is 9.87. The van der Waals surface area contributed by atoms with E-state index in [9.17, 15) is 18.0 Å². The average molecular weight is 496 g/mol. The van der Waals surface area contributed by atoms with Gasteiger partial charge >= 0.3 is 12.3 Å². The Bertz CT molecular complexity index is 1400. The molecule has 36 heavy (non-hydrogen) atoms. The van der Waals surface area contributed by atoms with Gasteiger partial charge in [0.25, 0.3) is 0 Å². The summed E-state index contributed by atoms with van der Waals surface area (Å²) in [6, 6.07) is 19.7. The van der Waals surface area contributed by atoms with Gasteiger partial charge in [-0.2, -0.15) is 0 Å². The number of aromatic nitrogens is 2. The van der Waals surface area contributed by atoms with Crippen LogP contribution in [0.15, 0.2) is 66.7 Å². The van der Waals surface area contributed by atoms with E-state index in [2.05, 4.69) is 26.8 Å². The van der Waals surface area contributed by atoms with Crippen molar-refractivity contribution >= 4 is 28.6 Å². The highest BCUT2D eigenvalue weighted by molar-refractivity contribution is 5.81. The van der Waals surface area contributed by atoms with Crippen molar-refractivity contribution in [1.82, 2.24) is 9.55 Å². The van der Waals surface area contributed by atoms with E-state index in [1.165, 1.54) is 35.4 Å². The van der Waals surface area contributed by atoms with Crippen molar-refractivity contribution < 1.29 is 27.8 Å². The maximum atomic E-state index is 12.5. The van der Waals surface area contributed by atoms with Gasteiger partial charge in [0, 0.05) is 12.1 Å². The summed E-state index contributed by atoms with van der Waals surface area (Å²) in [4.78, 5) is 15.8. The largest absolute Gasteiger partial charge is 0.573 e. The van der Waals surface area contributed by atoms with Crippen molar-refractivity contribution in [3.8, 4) is 5.75 Å². The molecule has 6 nitrogen and oxygen atoms in total. The topological polar surface area (TPSA) is 76.4 Å². The van der Waals surface area contributed by atoms with Gasteiger partial charge in [0.15, 0.2) is 0 Å². The van der Waals surface area contributed by atoms with E-state index >= 15 is 0 Å². The predicted octanol–water partition coefficient (Wildman–Crippen LogP) is 6.62. The van der Waals surface area contributed by atoms with Crippen molar-refractivity contribution in [3.63, 3.8) is 0 Å². The highest BCUT2D eigenvalue weighted by Gasteiger charge is 2.31. The normalized spacial score (nSPS) is 15.5. The molecule has 1 atom stereocenters. The van der Waals surface area contributed by atoms with Crippen molar-refractivity contribution in [1.29, 1.82) is 0 Å². The van der Waals surface area contributed by atoms with Crippen LogP contribution >= 0.6 is 0 Å². The van der Waals surface area contributed by atoms with E-state index in [0.717, 1.165) is 35.9 Å². The molecule has 0 saturated heterocycles. The zero-order chi connectivity index (χ0) is 25.3. The van der Waals surface area contributed by atoms with Crippen LogP contribution in [0.1, 0.15) is 42.0 Å². The fraction of sp³-hybridized carbons (Fsp3) is 0.259. The number of carbonyl (C=O) groups is 1. The summed E-state index contributed by atoms with van der Waals surface area (Å²) in [5.74, 6) is -0.600. The Morgan fingerprint density at radius 1 is 1.11 bits per heavy atom. The lowest BCUT2D eigenvalue weighted by Crippen LogP contribution is -2.18. The third-order valence-corrected chi connectivity index (χ3v) is 6.37. The van der Waals surface area contributed by atoms with Crippen LogP contribution < -0.4 is 10.1 Å². The first-order valence-electron chi connectivity index (χ1n) is 11.7. The van der Waals surface area contributed by atoms with Gasteiger partial charge in [0.05, 0.1) is 17.1 Å². The predicted molar refractivity (Wildman–Crippen MR) is 130 cm³/mol. The summed E-state index contributed by atoms with van der Waals surface area (Å²) in [5.41, 5.74) is 5.56. The van der Waals surface area contributed by atoms with E-state index in [1.54, 1.807) is 0 Å². The molecule has 0 radical (unpaired) electrons. The molecule has 3 aromatic carbocycles. The van der Waals surface area contributed by atoms with E-state index in [1.807, 2.05) is 30.3 Å². The number of anilines is 2. The molecular weight excluding hydrogens is 471 g/mol. The van der Waals surface area contributed by atoms with Crippen LogP contribution in [0.5, 0.6) is 5.75 Å². The Labute approximate surface area is 205 Å². The lowest BCUT2D eigenvalue weighted by molar-refractivity contribution is -0.274. The minimum absolute atomic E-state index is 0.0274. The molecule has 1 aromatic heterocycles. The first-order valence-corrected chi connectivity index (χ1v) is 11.7. The number of hydrogen-bond acceptors (Lipinski definition) is 4. The van der Waals surface area contributed by atoms with E-state index in [4.69, 9.17) is 10.1 Å². The van der Waals surface area contributed by atoms with Gasteiger partial charge in [-0.1, -0.05) is 30.3 Å². The summed E-state index contributed by atoms with van der Waals surface area (Å²) in [5, 5.41) is 12.3. The SMILES string of the molecule is O=C(O)CCc1ccc2c(c1)nc(Nc1ccc(OC(F)(F)F)cc1)n2[C@H]1CCCc2ccccc21. The number of carboxylic acid groups (broad SMARTS) is 1. The molecule has 9 heteroatoms. The fourth-order valence-corrected chi connectivity index (χ4v) is 4.82. The average Bonchev–Trinajstić information content (AvgIpc) is 3.19. The molecule has 0 bridgehead atoms. The number of ether oxygens (including phenoxy) is 1. The minimum Gasteiger partial charge on any atom is -0.481 e. The number of aliphatic carboxylic acids is 1. The second kappa shape index (κ2) is 9.56. The third kappa shape index (κ3) is 5.15. The van der Waals surface area contributed by atoms with Crippen LogP contribution in [0.2, 0.25) is 0 Å². The highest BCUT2D eigenvalue weighted by Crippen LogP contribution is 2.38. The van der Waals surface area contributed by atoms with Crippen molar-refractivity contribution in [2.75, 3.05) is 5.32 Å². The molecule has 186 valence electrons. The van der Waals surface area contributed by atoms with Crippen LogP contribution in [0.3, 0.4) is 0 Å². The lowest BCUT2D eigenvalue weighted by Gasteiger charge is -2.28. The van der Waals surface area contributed by atoms with Crippen LogP contribution in [-0.2, 0) is 17.6 Å². The Hall–Kier alpha value is -4.01. The van der Waals surface area contributed by atoms with E-state index in [0.29, 0.717) is 18.1 Å². The molecule has 1 aliphatic carbocycles. The number of benzene rings is 3. The Balaban J connectivity index is 1.54. The maximum absolute atomic E-state index is 12.5. The van der Waals surface area contributed by atoms with Crippen LogP contribution in [0, 0.1) is 0 Å². The molecule has 0 saturated carbocycles. The van der Waals surface area contributed by atoms with Gasteiger partial charge in [0.1, 0.15) is 5.75 Å². The number of nitrogens with zero attached hydrogens (tertiary/aromatic N) is 2. The molecule has 0 amide bonds. The fourth-order valence-electron chi connectivity index (χ4n) is 4.82. The summed E-state index contributed by atoms with van der Waals surface area (Å²) < 4.78 is 43.7. The second-order valence-electron chi connectivity index (χ2n) is 8.83. The molecule has 2 N–H and O–H groups in total. The summed E-state index contributed by atoms with van der Waals surface area (Å²) in [6.45, 7) is 0. The Morgan fingerprint density at radius 3 is 2.64 bits per heavy atom. The Morgan fingerprint density at radius 2 is 1.89 bits per heavy atom. The van der Waals surface area contributed by atoms with E-state index < -0.39 is 12.3 Å². The highest BCUT2D eigenvalue weighted by atomic mass is 19.4. The molecular formula is C27H24F3N3O3. The molecule has 1 heterocycles. The van der Waals surface area contributed by atoms with Gasteiger partial charge < -0.3 is 19.7 Å². The van der Waals surface area contributed by atoms with Gasteiger partial charge in [0.2, 0.25) is 5.95 Å². The minimum atomic E-state index is -4.75. The Kier molecular flexibility index (Phi) is 6.30. The number of carboxylic acids is 1. The van der Waals surface area contributed by atoms with E-state index in [-0.39, 0.29) is 18.2 Å². The first-order chi connectivity index (χ1) is 17.3. The molecule has 0 unspecified atom stereocenters. The number of aryl methyl sites for hydroxylation is 2. The van der Waals surface area contributed by atoms with Gasteiger partial charge in [-0.3, -0.25) is 4.79 Å². The number of imidazole rings is 1. The molecule has 0 spiro atoms. The zero-order valence-corrected chi connectivity index (χ0v) is 19.3. The smallest absolute Gasteiger partial charge is 0.481 e. The van der Waals surface area contributed by atoms with Gasteiger partial charge in [-0.05, 0) is 78.8 Å². The van der Waals surface area contributed by atoms with Crippen LogP contribution in [0.4, 0.5) is 24.8 Å². The monoisotopic (exact) mass is 495 g/mol. The molecule has 1 aliphatic rings. The zero-order valence-electron chi connectivity index (χ0n) is 19.3. The number of rotatable bonds is 7. The molecule has 4 aromatic rings. The van der Waals surface area contributed by atoms with Crippen LogP contribution in [0.25, 0.3) is 11.0 Å². The van der Waals surface area contributed by atoms with Crippen molar-refractivity contribution in [2.45, 2.75) is 44.5 Å². The summed E-state index contributed by atoms with van der Waals surface area (Å²) in [7, 11) is 0. The van der Waals surface area contributed by atoms with Crippen LogP contribution in [-0.4, -0.2) is 27.0 Å². The van der Waals surface area contributed by atoms with Crippen molar-refractivity contribution in [2.24, 2.45) is 0 Å². The summed E-state index contributed by atoms with van der Waals surface area (Å²) >= 11 is 0. The molecule has 0 aliphatic heterocycles. The number of fused-ring (bicyclic) bond motifs is 2. The second-order valence-corrected chi connectivity index (χ2v) is 8.83. The number of halogens is 3. The quantitative estimate of drug-likeness (QED) is 0.301. The standard InChI is InChI=1S/C27H24F3N3O3/c28-27(29,30)36-20-12-10-19(11-13-20)31-26-32-22-16-17(9-15-25(34)35)8-14-24(22)33(26)23-7-3-5-18-4-1-2-6-21(18)23/h1-2,4,6,8,10-14,16,23H,3,5,7,9,15H2,(H,31,32)(H,34,35)/t23-/m0/s1. The molecule has 0 fully saturated rings. The number of nitrogens with one attached hydrogen (secondary N) is 1. The number of alkyl halides is 3.